The average molecular weight is 235 g/mol. The summed E-state index contributed by atoms with van der Waals surface area (Å²) in [6.45, 7) is 3.51. The Morgan fingerprint density at radius 3 is 2.59 bits per heavy atom. The molecule has 0 aliphatic rings. The Kier molecular flexibility index (Phi) is 5.49. The second-order valence-electron chi connectivity index (χ2n) is 4.26. The third-order valence-corrected chi connectivity index (χ3v) is 2.50. The molecule has 0 atom stereocenters. The molecule has 0 unspecified atom stereocenters. The second-order valence-corrected chi connectivity index (χ2v) is 4.26. The van der Waals surface area contributed by atoms with Crippen LogP contribution >= 0.6 is 0 Å². The Balaban J connectivity index is 2.36. The van der Waals surface area contributed by atoms with Gasteiger partial charge < -0.3 is 11.1 Å². The topological polar surface area (TPSA) is 58.4 Å². The molecule has 1 amide bonds. The summed E-state index contributed by atoms with van der Waals surface area (Å²) >= 11 is 0. The van der Waals surface area contributed by atoms with Gasteiger partial charge in [-0.15, -0.1) is 0 Å². The van der Waals surface area contributed by atoms with Gasteiger partial charge in [-0.3, -0.25) is 9.69 Å². The average Bonchev–Trinajstić information content (AvgIpc) is 2.29. The molecule has 1 rings (SSSR count). The van der Waals surface area contributed by atoms with E-state index >= 15 is 0 Å². The highest BCUT2D eigenvalue weighted by molar-refractivity contribution is 5.92. The molecule has 1 aromatic rings. The molecular formula is C13H21N3O. The van der Waals surface area contributed by atoms with E-state index in [1.807, 2.05) is 11.9 Å². The van der Waals surface area contributed by atoms with Gasteiger partial charge in [0.05, 0.1) is 6.54 Å². The predicted molar refractivity (Wildman–Crippen MR) is 71.9 cm³/mol. The number of unbranched alkanes of at least 4 members (excludes halogenated alkanes) is 1. The molecule has 94 valence electrons. The van der Waals surface area contributed by atoms with Crippen LogP contribution in [-0.2, 0) is 4.79 Å². The van der Waals surface area contributed by atoms with E-state index in [0.717, 1.165) is 25.1 Å². The molecule has 4 heteroatoms. The molecule has 0 heterocycles. The third kappa shape index (κ3) is 5.36. The Hall–Kier alpha value is -1.55. The summed E-state index contributed by atoms with van der Waals surface area (Å²) < 4.78 is 0. The van der Waals surface area contributed by atoms with Crippen LogP contribution in [-0.4, -0.2) is 30.9 Å². The van der Waals surface area contributed by atoms with E-state index in [2.05, 4.69) is 12.2 Å². The number of anilines is 2. The normalized spacial score (nSPS) is 10.5. The molecule has 3 N–H and O–H groups in total. The zero-order chi connectivity index (χ0) is 12.7. The minimum atomic E-state index is 0.00775. The minimum Gasteiger partial charge on any atom is -0.399 e. The molecule has 0 aliphatic heterocycles. The van der Waals surface area contributed by atoms with Gasteiger partial charge in [0.25, 0.3) is 0 Å². The van der Waals surface area contributed by atoms with Gasteiger partial charge in [-0.05, 0) is 44.3 Å². The first-order chi connectivity index (χ1) is 8.11. The smallest absolute Gasteiger partial charge is 0.238 e. The van der Waals surface area contributed by atoms with Crippen LogP contribution in [0.25, 0.3) is 0 Å². The number of nitrogens with zero attached hydrogens (tertiary/aromatic N) is 1. The van der Waals surface area contributed by atoms with E-state index in [4.69, 9.17) is 5.73 Å². The van der Waals surface area contributed by atoms with Crippen molar-refractivity contribution in [2.24, 2.45) is 0 Å². The van der Waals surface area contributed by atoms with Gasteiger partial charge in [-0.25, -0.2) is 0 Å². The number of amides is 1. The Morgan fingerprint density at radius 1 is 1.35 bits per heavy atom. The second kappa shape index (κ2) is 6.91. The number of carbonyl (C=O) groups is 1. The van der Waals surface area contributed by atoms with Gasteiger partial charge in [-0.2, -0.15) is 0 Å². The monoisotopic (exact) mass is 235 g/mol. The molecule has 0 fully saturated rings. The maximum absolute atomic E-state index is 11.7. The molecule has 0 bridgehead atoms. The van der Waals surface area contributed by atoms with Crippen molar-refractivity contribution in [3.63, 3.8) is 0 Å². The van der Waals surface area contributed by atoms with Crippen LogP contribution in [0, 0.1) is 0 Å². The van der Waals surface area contributed by atoms with Crippen molar-refractivity contribution in [1.82, 2.24) is 4.90 Å². The van der Waals surface area contributed by atoms with E-state index in [9.17, 15) is 4.79 Å². The number of nitrogen functional groups attached to an aromatic ring is 1. The highest BCUT2D eigenvalue weighted by Crippen LogP contribution is 2.10. The Labute approximate surface area is 103 Å². The van der Waals surface area contributed by atoms with Crippen LogP contribution in [0.5, 0.6) is 0 Å². The predicted octanol–water partition coefficient (Wildman–Crippen LogP) is 1.94. The SMILES string of the molecule is CCCCN(C)CC(=O)Nc1ccc(N)cc1. The number of nitrogens with two attached hydrogens (primary N) is 1. The standard InChI is InChI=1S/C13H21N3O/c1-3-4-9-16(2)10-13(17)15-12-7-5-11(14)6-8-12/h5-8H,3-4,9-10,14H2,1-2H3,(H,15,17). The highest BCUT2D eigenvalue weighted by atomic mass is 16.2. The fraction of sp³-hybridized carbons (Fsp3) is 0.462. The summed E-state index contributed by atoms with van der Waals surface area (Å²) in [5, 5.41) is 2.84. The number of carbonyl (C=O) groups excluding carboxylic acids is 1. The molecule has 0 radical (unpaired) electrons. The molecule has 0 spiro atoms. The lowest BCUT2D eigenvalue weighted by molar-refractivity contribution is -0.117. The summed E-state index contributed by atoms with van der Waals surface area (Å²) in [5.74, 6) is 0.00775. The van der Waals surface area contributed by atoms with Gasteiger partial charge in [0.2, 0.25) is 5.91 Å². The Bertz CT molecular complexity index is 348. The van der Waals surface area contributed by atoms with Gasteiger partial charge in [0.1, 0.15) is 0 Å². The van der Waals surface area contributed by atoms with Gasteiger partial charge >= 0.3 is 0 Å². The molecule has 0 saturated heterocycles. The number of likely N-dealkylation sites (N-methyl/N-ethyl adjacent to an activating group) is 1. The van der Waals surface area contributed by atoms with Crippen molar-refractivity contribution in [1.29, 1.82) is 0 Å². The van der Waals surface area contributed by atoms with E-state index in [0.29, 0.717) is 12.2 Å². The highest BCUT2D eigenvalue weighted by Gasteiger charge is 2.06. The largest absolute Gasteiger partial charge is 0.399 e. The van der Waals surface area contributed by atoms with Crippen LogP contribution in [0.15, 0.2) is 24.3 Å². The fourth-order valence-corrected chi connectivity index (χ4v) is 1.52. The van der Waals surface area contributed by atoms with Gasteiger partial charge in [0, 0.05) is 11.4 Å². The van der Waals surface area contributed by atoms with Crippen molar-refractivity contribution in [3.8, 4) is 0 Å². The molecule has 0 aliphatic carbocycles. The first kappa shape index (κ1) is 13.5. The summed E-state index contributed by atoms with van der Waals surface area (Å²) in [6.07, 6.45) is 2.26. The van der Waals surface area contributed by atoms with Crippen LogP contribution in [0.2, 0.25) is 0 Å². The Morgan fingerprint density at radius 2 is 2.00 bits per heavy atom. The maximum Gasteiger partial charge on any atom is 0.238 e. The van der Waals surface area contributed by atoms with Crippen LogP contribution < -0.4 is 11.1 Å². The molecule has 17 heavy (non-hydrogen) atoms. The number of hydrogen-bond acceptors (Lipinski definition) is 3. The summed E-state index contributed by atoms with van der Waals surface area (Å²) in [7, 11) is 1.96. The molecule has 0 aromatic heterocycles. The number of benzene rings is 1. The summed E-state index contributed by atoms with van der Waals surface area (Å²) in [6, 6.07) is 7.16. The number of rotatable bonds is 6. The van der Waals surface area contributed by atoms with Crippen molar-refractivity contribution >= 4 is 17.3 Å². The van der Waals surface area contributed by atoms with E-state index in [-0.39, 0.29) is 5.91 Å². The number of nitrogens with one attached hydrogen (secondary N) is 1. The van der Waals surface area contributed by atoms with Crippen molar-refractivity contribution in [2.45, 2.75) is 19.8 Å². The first-order valence-corrected chi connectivity index (χ1v) is 5.95. The lowest BCUT2D eigenvalue weighted by Crippen LogP contribution is -2.30. The molecule has 1 aromatic carbocycles. The van der Waals surface area contributed by atoms with Gasteiger partial charge in [-0.1, -0.05) is 13.3 Å². The summed E-state index contributed by atoms with van der Waals surface area (Å²) in [5.41, 5.74) is 7.05. The van der Waals surface area contributed by atoms with Crippen LogP contribution in [0.4, 0.5) is 11.4 Å². The summed E-state index contributed by atoms with van der Waals surface area (Å²) in [4.78, 5) is 13.7. The van der Waals surface area contributed by atoms with Crippen molar-refractivity contribution < 1.29 is 4.79 Å². The first-order valence-electron chi connectivity index (χ1n) is 5.95. The minimum absolute atomic E-state index is 0.00775. The maximum atomic E-state index is 11.7. The zero-order valence-corrected chi connectivity index (χ0v) is 10.6. The molecular weight excluding hydrogens is 214 g/mol. The van der Waals surface area contributed by atoms with E-state index < -0.39 is 0 Å². The van der Waals surface area contributed by atoms with Gasteiger partial charge in [0.15, 0.2) is 0 Å². The quantitative estimate of drug-likeness (QED) is 0.741. The van der Waals surface area contributed by atoms with Crippen molar-refractivity contribution in [2.75, 3.05) is 31.2 Å². The molecule has 4 nitrogen and oxygen atoms in total. The lowest BCUT2D eigenvalue weighted by atomic mass is 10.3. The fourth-order valence-electron chi connectivity index (χ4n) is 1.52. The third-order valence-electron chi connectivity index (χ3n) is 2.50. The zero-order valence-electron chi connectivity index (χ0n) is 10.6. The van der Waals surface area contributed by atoms with E-state index in [1.54, 1.807) is 24.3 Å². The van der Waals surface area contributed by atoms with Crippen LogP contribution in [0.1, 0.15) is 19.8 Å². The lowest BCUT2D eigenvalue weighted by Gasteiger charge is -2.15. The molecule has 0 saturated carbocycles. The van der Waals surface area contributed by atoms with E-state index in [1.165, 1.54) is 0 Å². The van der Waals surface area contributed by atoms with Crippen molar-refractivity contribution in [3.05, 3.63) is 24.3 Å². The van der Waals surface area contributed by atoms with Crippen LogP contribution in [0.3, 0.4) is 0 Å². The number of hydrogen-bond donors (Lipinski definition) is 2.